The smallest absolute Gasteiger partial charge is 0.192 e. The largest absolute Gasteiger partial charge is 0.414 e. The van der Waals surface area contributed by atoms with Crippen molar-refractivity contribution in [3.8, 4) is 6.07 Å². The molecular weight excluding hydrogens is 498 g/mol. The molecule has 4 saturated carbocycles. The van der Waals surface area contributed by atoms with Gasteiger partial charge in [0.05, 0.1) is 17.4 Å². The molecule has 1 unspecified atom stereocenters. The molecule has 1 aromatic heterocycles. The molecule has 0 aliphatic heterocycles. The molecule has 0 bridgehead atoms. The molecular formula is C33H55N3O2Si. The van der Waals surface area contributed by atoms with Gasteiger partial charge in [0.1, 0.15) is 6.07 Å². The van der Waals surface area contributed by atoms with Gasteiger partial charge in [-0.25, -0.2) is 0 Å². The summed E-state index contributed by atoms with van der Waals surface area (Å²) < 4.78 is 9.28. The van der Waals surface area contributed by atoms with Crippen molar-refractivity contribution in [1.29, 1.82) is 5.26 Å². The summed E-state index contributed by atoms with van der Waals surface area (Å²) in [6, 6.07) is 2.20. The van der Waals surface area contributed by atoms with Gasteiger partial charge in [-0.1, -0.05) is 27.7 Å². The van der Waals surface area contributed by atoms with Crippen LogP contribution in [0.1, 0.15) is 111 Å². The third kappa shape index (κ3) is 5.66. The summed E-state index contributed by atoms with van der Waals surface area (Å²) in [6.45, 7) is 17.5. The molecule has 0 saturated heterocycles. The highest BCUT2D eigenvalue weighted by Gasteiger charge is 2.59. The number of fused-ring (bicyclic) bond motifs is 5. The Hall–Kier alpha value is -1.16. The molecule has 0 aromatic carbocycles. The molecule has 0 spiro atoms. The van der Waals surface area contributed by atoms with E-state index in [1.165, 1.54) is 44.9 Å². The van der Waals surface area contributed by atoms with E-state index in [2.05, 4.69) is 58.9 Å². The second kappa shape index (κ2) is 10.6. The second-order valence-electron chi connectivity index (χ2n) is 16.1. The van der Waals surface area contributed by atoms with Crippen LogP contribution < -0.4 is 0 Å². The van der Waals surface area contributed by atoms with Gasteiger partial charge in [-0.15, -0.1) is 0 Å². The molecule has 4 aliphatic rings. The lowest BCUT2D eigenvalue weighted by molar-refractivity contribution is -0.107. The van der Waals surface area contributed by atoms with Gasteiger partial charge >= 0.3 is 0 Å². The minimum atomic E-state index is -1.92. The average molecular weight is 554 g/mol. The lowest BCUT2D eigenvalue weighted by Crippen LogP contribution is -2.53. The Bertz CT molecular complexity index is 1050. The Kier molecular flexibility index (Phi) is 7.97. The first-order chi connectivity index (χ1) is 18.2. The van der Waals surface area contributed by atoms with Crippen molar-refractivity contribution in [3.63, 3.8) is 0 Å². The monoisotopic (exact) mass is 553 g/mol. The SMILES string of the molecule is CC(C)(C)[Si](C)(C)OC(CCCn1cc(C#N)cn1)[C@H]1CC[C@H]2[C@@H]3CC[C@@H]4C[C@](C)(O)CC[C@@H]4[C@H]3CC[C@]12C. The number of hydrogen-bond donors (Lipinski definition) is 1. The third-order valence-corrected chi connectivity index (χ3v) is 17.2. The topological polar surface area (TPSA) is 71.1 Å². The van der Waals surface area contributed by atoms with Crippen molar-refractivity contribution >= 4 is 8.32 Å². The minimum Gasteiger partial charge on any atom is -0.414 e. The van der Waals surface area contributed by atoms with Crippen LogP contribution in [0.2, 0.25) is 18.1 Å². The average Bonchev–Trinajstić information content (AvgIpc) is 3.45. The summed E-state index contributed by atoms with van der Waals surface area (Å²) >= 11 is 0. The number of aliphatic hydroxyl groups is 1. The van der Waals surface area contributed by atoms with Crippen LogP contribution in [-0.4, -0.2) is 34.9 Å². The lowest BCUT2D eigenvalue weighted by atomic mass is 9.49. The van der Waals surface area contributed by atoms with Gasteiger partial charge in [0.15, 0.2) is 8.32 Å². The van der Waals surface area contributed by atoms with E-state index in [-0.39, 0.29) is 5.04 Å². The molecule has 4 fully saturated rings. The number of hydrogen-bond acceptors (Lipinski definition) is 4. The van der Waals surface area contributed by atoms with Crippen LogP contribution in [0.25, 0.3) is 0 Å². The fraction of sp³-hybridized carbons (Fsp3) is 0.879. The fourth-order valence-corrected chi connectivity index (χ4v) is 11.0. The van der Waals surface area contributed by atoms with Crippen molar-refractivity contribution in [3.05, 3.63) is 18.0 Å². The van der Waals surface area contributed by atoms with E-state index < -0.39 is 13.9 Å². The Labute approximate surface area is 239 Å². The van der Waals surface area contributed by atoms with Crippen LogP contribution in [0.15, 0.2) is 12.4 Å². The van der Waals surface area contributed by atoms with Gasteiger partial charge < -0.3 is 9.53 Å². The molecule has 0 amide bonds. The van der Waals surface area contributed by atoms with E-state index in [1.54, 1.807) is 6.20 Å². The number of aromatic nitrogens is 2. The molecule has 5 rings (SSSR count). The van der Waals surface area contributed by atoms with Gasteiger partial charge in [0.2, 0.25) is 0 Å². The van der Waals surface area contributed by atoms with E-state index >= 15 is 0 Å². The van der Waals surface area contributed by atoms with Gasteiger partial charge in [0.25, 0.3) is 0 Å². The molecule has 6 heteroatoms. The zero-order chi connectivity index (χ0) is 28.2. The molecule has 4 aliphatic carbocycles. The normalized spacial score (nSPS) is 39.4. The highest BCUT2D eigenvalue weighted by atomic mass is 28.4. The van der Waals surface area contributed by atoms with E-state index in [0.29, 0.717) is 23.0 Å². The molecule has 0 radical (unpaired) electrons. The Morgan fingerprint density at radius 1 is 1.10 bits per heavy atom. The first-order valence-electron chi connectivity index (χ1n) is 16.1. The summed E-state index contributed by atoms with van der Waals surface area (Å²) in [6.07, 6.45) is 17.4. The van der Waals surface area contributed by atoms with E-state index in [0.717, 1.165) is 61.8 Å². The second-order valence-corrected chi connectivity index (χ2v) is 20.8. The summed E-state index contributed by atoms with van der Waals surface area (Å²) in [5.41, 5.74) is 0.584. The maximum absolute atomic E-state index is 10.8. The van der Waals surface area contributed by atoms with Crippen molar-refractivity contribution < 1.29 is 9.53 Å². The van der Waals surface area contributed by atoms with E-state index in [9.17, 15) is 10.4 Å². The predicted octanol–water partition coefficient (Wildman–Crippen LogP) is 7.95. The Balaban J connectivity index is 1.32. The van der Waals surface area contributed by atoms with Crippen molar-refractivity contribution in [2.45, 2.75) is 142 Å². The summed E-state index contributed by atoms with van der Waals surface area (Å²) in [4.78, 5) is 0. The number of nitriles is 1. The maximum Gasteiger partial charge on any atom is 0.192 e. The molecule has 39 heavy (non-hydrogen) atoms. The predicted molar refractivity (Wildman–Crippen MR) is 159 cm³/mol. The number of rotatable bonds is 7. The van der Waals surface area contributed by atoms with Crippen LogP contribution in [0.4, 0.5) is 0 Å². The molecule has 1 aromatic rings. The zero-order valence-electron chi connectivity index (χ0n) is 25.9. The van der Waals surface area contributed by atoms with Gasteiger partial charge in [-0.2, -0.15) is 10.4 Å². The standard InChI is InChI=1S/C33H55N3O2Si/c1-31(2,3)39(6,7)38-30(9-8-18-36-22-23(20-34)21-35-36)29-13-12-28-27-11-10-24-19-32(4,37)16-14-25(24)26(27)15-17-33(28,29)5/h21-22,24-30,37H,8-19H2,1-7H3/t24-,25+,26-,27-,28+,29-,30?,32-,33+/m1/s1. The highest BCUT2D eigenvalue weighted by molar-refractivity contribution is 6.74. The quantitative estimate of drug-likeness (QED) is 0.348. The van der Waals surface area contributed by atoms with Crippen molar-refractivity contribution in [1.82, 2.24) is 9.78 Å². The lowest BCUT2D eigenvalue weighted by Gasteiger charge is -2.57. The minimum absolute atomic E-state index is 0.200. The molecule has 1 N–H and O–H groups in total. The molecule has 9 atom stereocenters. The fourth-order valence-electron chi connectivity index (χ4n) is 9.63. The number of aryl methyl sites for hydroxylation is 1. The van der Waals surface area contributed by atoms with Crippen molar-refractivity contribution in [2.75, 3.05) is 0 Å². The van der Waals surface area contributed by atoms with E-state index in [1.807, 2.05) is 10.9 Å². The molecule has 5 nitrogen and oxygen atoms in total. The number of nitrogens with zero attached hydrogens (tertiary/aromatic N) is 3. The van der Waals surface area contributed by atoms with Crippen LogP contribution in [0.3, 0.4) is 0 Å². The zero-order valence-corrected chi connectivity index (χ0v) is 26.9. The first kappa shape index (κ1) is 29.3. The van der Waals surface area contributed by atoms with Crippen LogP contribution in [-0.2, 0) is 11.0 Å². The molecule has 218 valence electrons. The van der Waals surface area contributed by atoms with Gasteiger partial charge in [0, 0.05) is 18.8 Å². The Morgan fingerprint density at radius 3 is 2.54 bits per heavy atom. The van der Waals surface area contributed by atoms with Gasteiger partial charge in [-0.3, -0.25) is 4.68 Å². The van der Waals surface area contributed by atoms with Crippen LogP contribution in [0, 0.1) is 52.3 Å². The van der Waals surface area contributed by atoms with Crippen LogP contribution >= 0.6 is 0 Å². The first-order valence-corrected chi connectivity index (χ1v) is 19.0. The van der Waals surface area contributed by atoms with Crippen molar-refractivity contribution in [2.24, 2.45) is 40.9 Å². The van der Waals surface area contributed by atoms with Crippen LogP contribution in [0.5, 0.6) is 0 Å². The summed E-state index contributed by atoms with van der Waals surface area (Å²) in [7, 11) is -1.92. The highest BCUT2D eigenvalue weighted by Crippen LogP contribution is 2.65. The summed E-state index contributed by atoms with van der Waals surface area (Å²) in [5.74, 6) is 4.81. The third-order valence-electron chi connectivity index (χ3n) is 12.6. The maximum atomic E-state index is 10.8. The van der Waals surface area contributed by atoms with E-state index in [4.69, 9.17) is 4.43 Å². The Morgan fingerprint density at radius 2 is 1.85 bits per heavy atom. The van der Waals surface area contributed by atoms with Gasteiger partial charge in [-0.05, 0) is 137 Å². The molecule has 1 heterocycles. The summed E-state index contributed by atoms with van der Waals surface area (Å²) in [5, 5.41) is 24.6.